The summed E-state index contributed by atoms with van der Waals surface area (Å²) < 4.78 is 0. The fraction of sp³-hybridized carbons (Fsp3) is 0.611. The summed E-state index contributed by atoms with van der Waals surface area (Å²) >= 11 is 6.15. The predicted molar refractivity (Wildman–Crippen MR) is 110 cm³/mol. The second-order valence-electron chi connectivity index (χ2n) is 6.76. The SMILES string of the molecule is CCNC(=NCC(O)c1ccccc1Cl)N1CCC2(CCC2)C1.I. The molecule has 0 radical (unpaired) electrons. The van der Waals surface area contributed by atoms with Crippen LogP contribution in [0.1, 0.15) is 44.3 Å². The highest BCUT2D eigenvalue weighted by Gasteiger charge is 2.43. The molecular formula is C18H27ClIN3O. The molecule has 1 aliphatic heterocycles. The summed E-state index contributed by atoms with van der Waals surface area (Å²) in [5.41, 5.74) is 1.28. The van der Waals surface area contributed by atoms with Gasteiger partial charge in [-0.25, -0.2) is 0 Å². The first kappa shape index (κ1) is 19.8. The lowest BCUT2D eigenvalue weighted by Gasteiger charge is -2.38. The van der Waals surface area contributed by atoms with Crippen molar-refractivity contribution in [2.24, 2.45) is 10.4 Å². The van der Waals surface area contributed by atoms with E-state index in [4.69, 9.17) is 11.6 Å². The second-order valence-corrected chi connectivity index (χ2v) is 7.16. The molecule has 1 heterocycles. The van der Waals surface area contributed by atoms with Gasteiger partial charge in [0.05, 0.1) is 6.54 Å². The van der Waals surface area contributed by atoms with Gasteiger partial charge in [0.15, 0.2) is 5.96 Å². The van der Waals surface area contributed by atoms with E-state index in [1.807, 2.05) is 18.2 Å². The summed E-state index contributed by atoms with van der Waals surface area (Å²) in [7, 11) is 0. The third-order valence-corrected chi connectivity index (χ3v) is 5.51. The molecule has 0 aromatic heterocycles. The van der Waals surface area contributed by atoms with Gasteiger partial charge in [-0.1, -0.05) is 36.2 Å². The zero-order chi connectivity index (χ0) is 16.3. The molecule has 4 nitrogen and oxygen atoms in total. The van der Waals surface area contributed by atoms with Crippen LogP contribution in [-0.2, 0) is 0 Å². The Morgan fingerprint density at radius 2 is 2.12 bits per heavy atom. The largest absolute Gasteiger partial charge is 0.386 e. The molecule has 6 heteroatoms. The van der Waals surface area contributed by atoms with Gasteiger partial charge in [0, 0.05) is 30.2 Å². The third-order valence-electron chi connectivity index (χ3n) is 5.17. The minimum absolute atomic E-state index is 0. The summed E-state index contributed by atoms with van der Waals surface area (Å²) in [4.78, 5) is 7.01. The van der Waals surface area contributed by atoms with Gasteiger partial charge in [0.1, 0.15) is 6.10 Å². The van der Waals surface area contributed by atoms with Gasteiger partial charge in [-0.05, 0) is 37.7 Å². The van der Waals surface area contributed by atoms with Crippen molar-refractivity contribution < 1.29 is 5.11 Å². The van der Waals surface area contributed by atoms with Crippen LogP contribution in [0.15, 0.2) is 29.3 Å². The minimum atomic E-state index is -0.669. The maximum absolute atomic E-state index is 10.4. The van der Waals surface area contributed by atoms with Crippen molar-refractivity contribution in [3.05, 3.63) is 34.9 Å². The summed E-state index contributed by atoms with van der Waals surface area (Å²) in [6, 6.07) is 7.42. The molecule has 1 spiro atoms. The first-order chi connectivity index (χ1) is 11.1. The van der Waals surface area contributed by atoms with Crippen molar-refractivity contribution >= 4 is 41.5 Å². The molecule has 3 rings (SSSR count). The Kier molecular flexibility index (Phi) is 7.19. The van der Waals surface area contributed by atoms with Gasteiger partial charge < -0.3 is 15.3 Å². The first-order valence-electron chi connectivity index (χ1n) is 8.59. The van der Waals surface area contributed by atoms with Crippen LogP contribution in [0.2, 0.25) is 5.02 Å². The normalized spacial score (nSPS) is 20.5. The molecule has 1 aromatic rings. The highest BCUT2D eigenvalue weighted by atomic mass is 127. The van der Waals surface area contributed by atoms with E-state index < -0.39 is 6.10 Å². The summed E-state index contributed by atoms with van der Waals surface area (Å²) in [6.07, 6.45) is 4.67. The summed E-state index contributed by atoms with van der Waals surface area (Å²) in [6.45, 7) is 5.41. The fourth-order valence-corrected chi connectivity index (χ4v) is 3.90. The Hall–Kier alpha value is -0.530. The highest BCUT2D eigenvalue weighted by molar-refractivity contribution is 14.0. The van der Waals surface area contributed by atoms with Crippen molar-refractivity contribution in [1.82, 2.24) is 10.2 Å². The lowest BCUT2D eigenvalue weighted by molar-refractivity contribution is 0.151. The molecule has 24 heavy (non-hydrogen) atoms. The first-order valence-corrected chi connectivity index (χ1v) is 8.97. The average molecular weight is 464 g/mol. The van der Waals surface area contributed by atoms with Crippen LogP contribution in [0.4, 0.5) is 0 Å². The predicted octanol–water partition coefficient (Wildman–Crippen LogP) is 3.83. The number of aliphatic hydroxyl groups excluding tert-OH is 1. The molecule has 2 N–H and O–H groups in total. The van der Waals surface area contributed by atoms with Crippen molar-refractivity contribution in [2.75, 3.05) is 26.2 Å². The Morgan fingerprint density at radius 3 is 2.71 bits per heavy atom. The van der Waals surface area contributed by atoms with E-state index in [0.717, 1.165) is 31.2 Å². The van der Waals surface area contributed by atoms with Gasteiger partial charge >= 0.3 is 0 Å². The number of hydrogen-bond acceptors (Lipinski definition) is 2. The number of halogens is 2. The van der Waals surface area contributed by atoms with E-state index in [1.54, 1.807) is 6.07 Å². The average Bonchev–Trinajstić information content (AvgIpc) is 2.97. The van der Waals surface area contributed by atoms with E-state index in [1.165, 1.54) is 25.7 Å². The number of aliphatic imine (C=N–C) groups is 1. The second kappa shape index (κ2) is 8.72. The summed E-state index contributed by atoms with van der Waals surface area (Å²) in [5.74, 6) is 0.919. The van der Waals surface area contributed by atoms with Gasteiger partial charge in [-0.2, -0.15) is 0 Å². The fourth-order valence-electron chi connectivity index (χ4n) is 3.64. The molecule has 0 bridgehead atoms. The van der Waals surface area contributed by atoms with Gasteiger partial charge in [0.25, 0.3) is 0 Å². The monoisotopic (exact) mass is 463 g/mol. The smallest absolute Gasteiger partial charge is 0.194 e. The number of nitrogens with zero attached hydrogens (tertiary/aromatic N) is 2. The van der Waals surface area contributed by atoms with Gasteiger partial charge in [0.2, 0.25) is 0 Å². The molecule has 1 atom stereocenters. The molecule has 0 amide bonds. The number of aliphatic hydroxyl groups is 1. The third kappa shape index (κ3) is 4.35. The Balaban J connectivity index is 0.00000208. The van der Waals surface area contributed by atoms with E-state index in [9.17, 15) is 5.11 Å². The van der Waals surface area contributed by atoms with E-state index in [0.29, 0.717) is 17.0 Å². The Bertz CT molecular complexity index is 577. The number of hydrogen-bond donors (Lipinski definition) is 2. The number of benzene rings is 1. The molecule has 1 saturated carbocycles. The Morgan fingerprint density at radius 1 is 1.38 bits per heavy atom. The minimum Gasteiger partial charge on any atom is -0.386 e. The molecule has 1 aliphatic carbocycles. The van der Waals surface area contributed by atoms with Crippen LogP contribution in [0, 0.1) is 5.41 Å². The van der Waals surface area contributed by atoms with Crippen LogP contribution < -0.4 is 5.32 Å². The van der Waals surface area contributed by atoms with Crippen molar-refractivity contribution in [3.8, 4) is 0 Å². The van der Waals surface area contributed by atoms with Crippen molar-refractivity contribution in [2.45, 2.75) is 38.7 Å². The van der Waals surface area contributed by atoms with Crippen LogP contribution in [-0.4, -0.2) is 42.1 Å². The number of guanidine groups is 1. The van der Waals surface area contributed by atoms with Crippen LogP contribution in [0.25, 0.3) is 0 Å². The molecule has 1 saturated heterocycles. The van der Waals surface area contributed by atoms with E-state index in [-0.39, 0.29) is 24.0 Å². The lowest BCUT2D eigenvalue weighted by atomic mass is 9.68. The Labute approximate surface area is 166 Å². The van der Waals surface area contributed by atoms with Crippen LogP contribution in [0.3, 0.4) is 0 Å². The number of rotatable bonds is 4. The molecule has 1 unspecified atom stereocenters. The molecule has 2 aliphatic rings. The number of nitrogens with one attached hydrogen (secondary N) is 1. The molecular weight excluding hydrogens is 437 g/mol. The van der Waals surface area contributed by atoms with Crippen molar-refractivity contribution in [1.29, 1.82) is 0 Å². The topological polar surface area (TPSA) is 47.9 Å². The lowest BCUT2D eigenvalue weighted by Crippen LogP contribution is -2.42. The standard InChI is InChI=1S/C18H26ClN3O.HI/c1-2-20-17(22-11-10-18(13-22)8-5-9-18)21-12-16(23)14-6-3-4-7-15(14)19;/h3-4,6-7,16,23H,2,5,8-13H2,1H3,(H,20,21);1H. The number of likely N-dealkylation sites (tertiary alicyclic amines) is 1. The zero-order valence-corrected chi connectivity index (χ0v) is 17.3. The van der Waals surface area contributed by atoms with Crippen LogP contribution in [0.5, 0.6) is 0 Å². The molecule has 2 fully saturated rings. The molecule has 1 aromatic carbocycles. The van der Waals surface area contributed by atoms with Crippen LogP contribution >= 0.6 is 35.6 Å². The highest BCUT2D eigenvalue weighted by Crippen LogP contribution is 2.47. The van der Waals surface area contributed by atoms with Gasteiger partial charge in [-0.3, -0.25) is 4.99 Å². The van der Waals surface area contributed by atoms with Crippen molar-refractivity contribution in [3.63, 3.8) is 0 Å². The van der Waals surface area contributed by atoms with E-state index in [2.05, 4.69) is 22.1 Å². The molecule has 134 valence electrons. The zero-order valence-electron chi connectivity index (χ0n) is 14.2. The maximum atomic E-state index is 10.4. The summed E-state index contributed by atoms with van der Waals surface area (Å²) in [5, 5.41) is 14.3. The quantitative estimate of drug-likeness (QED) is 0.405. The van der Waals surface area contributed by atoms with Gasteiger partial charge in [-0.15, -0.1) is 24.0 Å². The maximum Gasteiger partial charge on any atom is 0.194 e. The van der Waals surface area contributed by atoms with E-state index >= 15 is 0 Å².